The lowest BCUT2D eigenvalue weighted by atomic mass is 10.1. The molecule has 0 saturated heterocycles. The maximum atomic E-state index is 14.1. The molecule has 0 saturated carbocycles. The van der Waals surface area contributed by atoms with Gasteiger partial charge in [0.15, 0.2) is 18.1 Å². The van der Waals surface area contributed by atoms with Gasteiger partial charge in [0.05, 0.1) is 26.9 Å². The van der Waals surface area contributed by atoms with Gasteiger partial charge in [0.2, 0.25) is 17.4 Å². The molecule has 1 N–H and O–H groups in total. The molecule has 2 rings (SSSR count). The zero-order valence-corrected chi connectivity index (χ0v) is 16.3. The molecule has 0 aliphatic carbocycles. The SMILES string of the molecule is COc1ccc(C(=O)OCC(=O)c2ccc(NC(C)=O)cc2F)c(OC)c1OC. The summed E-state index contributed by atoms with van der Waals surface area (Å²) in [6.07, 6.45) is 0. The van der Waals surface area contributed by atoms with Crippen molar-refractivity contribution in [3.05, 3.63) is 47.3 Å². The highest BCUT2D eigenvalue weighted by Gasteiger charge is 2.23. The van der Waals surface area contributed by atoms with E-state index in [-0.39, 0.29) is 34.2 Å². The lowest BCUT2D eigenvalue weighted by Gasteiger charge is -2.15. The normalized spacial score (nSPS) is 10.1. The summed E-state index contributed by atoms with van der Waals surface area (Å²) >= 11 is 0. The maximum Gasteiger partial charge on any atom is 0.342 e. The molecule has 0 heterocycles. The number of anilines is 1. The molecule has 0 radical (unpaired) electrons. The molecule has 0 unspecified atom stereocenters. The van der Waals surface area contributed by atoms with Gasteiger partial charge in [-0.2, -0.15) is 0 Å². The minimum absolute atomic E-state index is 0.0134. The maximum absolute atomic E-state index is 14.1. The van der Waals surface area contributed by atoms with Crippen LogP contribution in [0.5, 0.6) is 17.2 Å². The molecule has 9 heteroatoms. The first-order valence-corrected chi connectivity index (χ1v) is 8.38. The van der Waals surface area contributed by atoms with Gasteiger partial charge in [0, 0.05) is 12.6 Å². The number of carbonyl (C=O) groups is 3. The number of halogens is 1. The van der Waals surface area contributed by atoms with Crippen molar-refractivity contribution in [2.24, 2.45) is 0 Å². The van der Waals surface area contributed by atoms with E-state index in [9.17, 15) is 18.8 Å². The van der Waals surface area contributed by atoms with Crippen LogP contribution < -0.4 is 19.5 Å². The lowest BCUT2D eigenvalue weighted by molar-refractivity contribution is -0.114. The van der Waals surface area contributed by atoms with Crippen LogP contribution in [0.3, 0.4) is 0 Å². The van der Waals surface area contributed by atoms with Gasteiger partial charge in [-0.05, 0) is 30.3 Å². The quantitative estimate of drug-likeness (QED) is 0.532. The monoisotopic (exact) mass is 405 g/mol. The Balaban J connectivity index is 2.15. The van der Waals surface area contributed by atoms with E-state index in [0.29, 0.717) is 5.75 Å². The first kappa shape index (κ1) is 21.7. The molecular weight excluding hydrogens is 385 g/mol. The van der Waals surface area contributed by atoms with Crippen molar-refractivity contribution in [3.63, 3.8) is 0 Å². The van der Waals surface area contributed by atoms with E-state index in [0.717, 1.165) is 6.07 Å². The molecule has 8 nitrogen and oxygen atoms in total. The highest BCUT2D eigenvalue weighted by molar-refractivity contribution is 6.01. The van der Waals surface area contributed by atoms with E-state index in [1.54, 1.807) is 0 Å². The van der Waals surface area contributed by atoms with Crippen molar-refractivity contribution in [1.29, 1.82) is 0 Å². The van der Waals surface area contributed by atoms with Gasteiger partial charge in [-0.15, -0.1) is 0 Å². The second-order valence-corrected chi connectivity index (χ2v) is 5.76. The van der Waals surface area contributed by atoms with E-state index in [1.807, 2.05) is 0 Å². The first-order chi connectivity index (χ1) is 13.8. The molecule has 154 valence electrons. The van der Waals surface area contributed by atoms with Crippen molar-refractivity contribution in [3.8, 4) is 17.2 Å². The van der Waals surface area contributed by atoms with Crippen LogP contribution in [0.2, 0.25) is 0 Å². The summed E-state index contributed by atoms with van der Waals surface area (Å²) in [6, 6.07) is 6.47. The van der Waals surface area contributed by atoms with Gasteiger partial charge in [0.1, 0.15) is 11.4 Å². The number of ether oxygens (including phenoxy) is 4. The molecule has 29 heavy (non-hydrogen) atoms. The van der Waals surface area contributed by atoms with E-state index in [2.05, 4.69) is 5.32 Å². The number of methoxy groups -OCH3 is 3. The number of esters is 1. The number of carbonyl (C=O) groups excluding carboxylic acids is 3. The molecule has 0 aliphatic heterocycles. The van der Waals surface area contributed by atoms with Gasteiger partial charge in [-0.25, -0.2) is 9.18 Å². The van der Waals surface area contributed by atoms with Crippen molar-refractivity contribution in [2.45, 2.75) is 6.92 Å². The number of rotatable bonds is 8. The zero-order valence-electron chi connectivity index (χ0n) is 16.3. The highest BCUT2D eigenvalue weighted by Crippen LogP contribution is 2.39. The molecule has 0 bridgehead atoms. The Hall–Kier alpha value is -3.62. The van der Waals surface area contributed by atoms with Crippen molar-refractivity contribution >= 4 is 23.3 Å². The minimum Gasteiger partial charge on any atom is -0.493 e. The van der Waals surface area contributed by atoms with E-state index in [1.165, 1.54) is 52.5 Å². The van der Waals surface area contributed by atoms with Gasteiger partial charge >= 0.3 is 5.97 Å². The number of ketones is 1. The fourth-order valence-corrected chi connectivity index (χ4v) is 2.57. The minimum atomic E-state index is -0.855. The Morgan fingerprint density at radius 3 is 2.14 bits per heavy atom. The van der Waals surface area contributed by atoms with Gasteiger partial charge in [0.25, 0.3) is 0 Å². The molecule has 0 aromatic heterocycles. The van der Waals surface area contributed by atoms with Gasteiger partial charge in [-0.1, -0.05) is 0 Å². The van der Waals surface area contributed by atoms with E-state index >= 15 is 0 Å². The predicted molar refractivity (Wildman–Crippen MR) is 101 cm³/mol. The fraction of sp³-hybridized carbons (Fsp3) is 0.250. The third-order valence-electron chi connectivity index (χ3n) is 3.85. The first-order valence-electron chi connectivity index (χ1n) is 8.38. The summed E-state index contributed by atoms with van der Waals surface area (Å²) in [7, 11) is 4.15. The average molecular weight is 405 g/mol. The smallest absolute Gasteiger partial charge is 0.342 e. The Morgan fingerprint density at radius 1 is 0.931 bits per heavy atom. The molecule has 0 aliphatic rings. The Morgan fingerprint density at radius 2 is 1.59 bits per heavy atom. The van der Waals surface area contributed by atoms with Crippen LogP contribution in [0.1, 0.15) is 27.6 Å². The van der Waals surface area contributed by atoms with Crippen LogP contribution in [0, 0.1) is 5.82 Å². The van der Waals surface area contributed by atoms with Crippen molar-refractivity contribution < 1.29 is 37.7 Å². The molecule has 0 atom stereocenters. The zero-order chi connectivity index (χ0) is 21.6. The molecule has 1 amide bonds. The molecule has 0 spiro atoms. The van der Waals surface area contributed by atoms with Crippen LogP contribution in [-0.2, 0) is 9.53 Å². The summed E-state index contributed by atoms with van der Waals surface area (Å²) in [6.45, 7) is 0.589. The predicted octanol–water partition coefficient (Wildman–Crippen LogP) is 2.85. The van der Waals surface area contributed by atoms with Crippen LogP contribution in [0.25, 0.3) is 0 Å². The summed E-state index contributed by atoms with van der Waals surface area (Å²) in [5, 5.41) is 2.40. The fourth-order valence-electron chi connectivity index (χ4n) is 2.57. The standard InChI is InChI=1S/C20H20FNO7/c1-11(23)22-12-5-6-13(15(21)9-12)16(24)10-29-20(25)14-7-8-17(26-2)19(28-4)18(14)27-3/h5-9H,10H2,1-4H3,(H,22,23). The second-order valence-electron chi connectivity index (χ2n) is 5.76. The largest absolute Gasteiger partial charge is 0.493 e. The number of hydrogen-bond donors (Lipinski definition) is 1. The van der Waals surface area contributed by atoms with Crippen LogP contribution in [0.4, 0.5) is 10.1 Å². The highest BCUT2D eigenvalue weighted by atomic mass is 19.1. The summed E-state index contributed by atoms with van der Waals surface area (Å²) in [5.41, 5.74) is -0.0517. The van der Waals surface area contributed by atoms with Crippen molar-refractivity contribution in [1.82, 2.24) is 0 Å². The van der Waals surface area contributed by atoms with Crippen LogP contribution >= 0.6 is 0 Å². The summed E-state index contributed by atoms with van der Waals surface area (Å²) in [4.78, 5) is 35.6. The Labute approximate surface area is 166 Å². The third kappa shape index (κ3) is 5.01. The summed E-state index contributed by atoms with van der Waals surface area (Å²) < 4.78 is 34.7. The Kier molecular flexibility index (Phi) is 7.13. The lowest BCUT2D eigenvalue weighted by Crippen LogP contribution is -2.16. The number of nitrogens with one attached hydrogen (secondary N) is 1. The molecular formula is C20H20FNO7. The third-order valence-corrected chi connectivity index (χ3v) is 3.85. The molecule has 2 aromatic rings. The topological polar surface area (TPSA) is 100 Å². The van der Waals surface area contributed by atoms with E-state index in [4.69, 9.17) is 18.9 Å². The molecule has 2 aromatic carbocycles. The van der Waals surface area contributed by atoms with Crippen LogP contribution in [0.15, 0.2) is 30.3 Å². The Bertz CT molecular complexity index is 943. The van der Waals surface area contributed by atoms with Crippen molar-refractivity contribution in [2.75, 3.05) is 33.3 Å². The average Bonchev–Trinajstić information content (AvgIpc) is 2.69. The second kappa shape index (κ2) is 9.54. The number of Topliss-reactive ketones (excluding diaryl/α,β-unsaturated/α-hetero) is 1. The number of hydrogen-bond acceptors (Lipinski definition) is 7. The number of benzene rings is 2. The summed E-state index contributed by atoms with van der Waals surface area (Å²) in [5.74, 6) is -2.21. The van der Waals surface area contributed by atoms with Gasteiger partial charge < -0.3 is 24.3 Å². The van der Waals surface area contributed by atoms with Gasteiger partial charge in [-0.3, -0.25) is 9.59 Å². The van der Waals surface area contributed by atoms with E-state index < -0.39 is 24.2 Å². The number of amides is 1. The van der Waals surface area contributed by atoms with Crippen LogP contribution in [-0.4, -0.2) is 45.6 Å². The molecule has 0 fully saturated rings.